The highest BCUT2D eigenvalue weighted by Crippen LogP contribution is 2.22. The Labute approximate surface area is 142 Å². The monoisotopic (exact) mass is 359 g/mol. The predicted octanol–water partition coefficient (Wildman–Crippen LogP) is -2.26. The molecule has 0 fully saturated rings. The second-order valence-electron chi connectivity index (χ2n) is 4.75. The van der Waals surface area contributed by atoms with Crippen LogP contribution in [0, 0.1) is 0 Å². The van der Waals surface area contributed by atoms with E-state index in [0.717, 1.165) is 0 Å². The second kappa shape index (κ2) is 6.39. The first-order chi connectivity index (χ1) is 12.1. The van der Waals surface area contributed by atoms with E-state index in [1.54, 1.807) is 0 Å². The molecule has 11 heteroatoms. The van der Waals surface area contributed by atoms with E-state index in [0.29, 0.717) is 0 Å². The Bertz CT molecular complexity index is 935. The molecule has 1 aromatic carbocycles. The van der Waals surface area contributed by atoms with E-state index in [9.17, 15) is 43.2 Å². The third-order valence-corrected chi connectivity index (χ3v) is 3.21. The molecule has 0 aliphatic carbocycles. The standard InChI is InChI=1S/C15H5NO10/c17-7(9(19)11(21)15(25)26)8(18)10(20)14(24)16-12(22)5-3-1-2-4-6(5)13(16)23/h1-4H,(H,25,26). The molecule has 0 radical (unpaired) electrons. The average Bonchev–Trinajstić information content (AvgIpc) is 2.89. The van der Waals surface area contributed by atoms with Gasteiger partial charge >= 0.3 is 17.7 Å². The number of amides is 3. The number of benzene rings is 1. The van der Waals surface area contributed by atoms with E-state index in [-0.39, 0.29) is 16.0 Å². The highest BCUT2D eigenvalue weighted by atomic mass is 16.4. The van der Waals surface area contributed by atoms with Crippen molar-refractivity contribution in [2.45, 2.75) is 0 Å². The Balaban J connectivity index is 2.26. The van der Waals surface area contributed by atoms with E-state index >= 15 is 0 Å². The fourth-order valence-corrected chi connectivity index (χ4v) is 1.98. The number of carboxylic acid groups (broad SMARTS) is 1. The summed E-state index contributed by atoms with van der Waals surface area (Å²) < 4.78 is 0. The van der Waals surface area contributed by atoms with Crippen LogP contribution in [0.4, 0.5) is 0 Å². The lowest BCUT2D eigenvalue weighted by Crippen LogP contribution is -2.47. The molecular weight excluding hydrogens is 354 g/mol. The lowest BCUT2D eigenvalue weighted by molar-refractivity contribution is -0.157. The maximum atomic E-state index is 12.0. The van der Waals surface area contributed by atoms with Gasteiger partial charge in [-0.3, -0.25) is 38.4 Å². The molecule has 0 bridgehead atoms. The molecule has 1 heterocycles. The van der Waals surface area contributed by atoms with Crippen molar-refractivity contribution in [2.24, 2.45) is 0 Å². The fraction of sp³-hybridized carbons (Fsp3) is 0. The van der Waals surface area contributed by atoms with Gasteiger partial charge in [-0.25, -0.2) is 9.69 Å². The predicted molar refractivity (Wildman–Crippen MR) is 74.6 cm³/mol. The van der Waals surface area contributed by atoms with Crippen LogP contribution in [0.15, 0.2) is 24.3 Å². The molecule has 1 aromatic rings. The zero-order chi connectivity index (χ0) is 19.8. The van der Waals surface area contributed by atoms with Crippen LogP contribution in [0.3, 0.4) is 0 Å². The van der Waals surface area contributed by atoms with Gasteiger partial charge in [-0.15, -0.1) is 0 Å². The summed E-state index contributed by atoms with van der Waals surface area (Å²) in [4.78, 5) is 103. The summed E-state index contributed by atoms with van der Waals surface area (Å²) in [6, 6.07) is 5.08. The summed E-state index contributed by atoms with van der Waals surface area (Å²) in [7, 11) is 0. The van der Waals surface area contributed by atoms with Crippen molar-refractivity contribution in [3.63, 3.8) is 0 Å². The van der Waals surface area contributed by atoms with Gasteiger partial charge in [0.05, 0.1) is 11.1 Å². The summed E-state index contributed by atoms with van der Waals surface area (Å²) in [6.45, 7) is 0. The number of ketones is 5. The second-order valence-corrected chi connectivity index (χ2v) is 4.75. The SMILES string of the molecule is O=C(O)C(=O)C(=O)C(=O)C(=O)C(=O)C(=O)N1C(=O)c2ccccc2C1=O. The van der Waals surface area contributed by atoms with Crippen molar-refractivity contribution in [1.82, 2.24) is 4.90 Å². The highest BCUT2D eigenvalue weighted by Gasteiger charge is 2.46. The molecule has 26 heavy (non-hydrogen) atoms. The van der Waals surface area contributed by atoms with Crippen molar-refractivity contribution in [3.8, 4) is 0 Å². The summed E-state index contributed by atoms with van der Waals surface area (Å²) in [5.41, 5.74) is -0.455. The van der Waals surface area contributed by atoms with Crippen LogP contribution in [0.1, 0.15) is 20.7 Å². The number of imide groups is 3. The Morgan fingerprint density at radius 1 is 0.654 bits per heavy atom. The van der Waals surface area contributed by atoms with Gasteiger partial charge in [0.15, 0.2) is 0 Å². The molecule has 1 aliphatic heterocycles. The minimum atomic E-state index is -2.37. The third kappa shape index (κ3) is 2.73. The highest BCUT2D eigenvalue weighted by molar-refractivity contribution is 6.95. The van der Waals surface area contributed by atoms with Crippen molar-refractivity contribution in [3.05, 3.63) is 35.4 Å². The molecular formula is C15H5NO10. The molecule has 0 aromatic heterocycles. The normalized spacial score (nSPS) is 12.4. The van der Waals surface area contributed by atoms with E-state index in [1.165, 1.54) is 24.3 Å². The number of carbonyl (C=O) groups excluding carboxylic acids is 8. The molecule has 2 rings (SSSR count). The van der Waals surface area contributed by atoms with Gasteiger partial charge in [0.2, 0.25) is 0 Å². The molecule has 0 saturated heterocycles. The number of fused-ring (bicyclic) bond motifs is 1. The lowest BCUT2D eigenvalue weighted by Gasteiger charge is -2.09. The van der Waals surface area contributed by atoms with E-state index in [2.05, 4.69) is 0 Å². The molecule has 130 valence electrons. The largest absolute Gasteiger partial charge is 0.475 e. The molecule has 11 nitrogen and oxygen atoms in total. The summed E-state index contributed by atoms with van der Waals surface area (Å²) in [5, 5.41) is 8.29. The lowest BCUT2D eigenvalue weighted by atomic mass is 10.1. The van der Waals surface area contributed by atoms with Gasteiger partial charge in [0.25, 0.3) is 34.9 Å². The quantitative estimate of drug-likeness (QED) is 0.331. The van der Waals surface area contributed by atoms with Crippen molar-refractivity contribution >= 4 is 52.6 Å². The number of hydrogen-bond donors (Lipinski definition) is 1. The number of carbonyl (C=O) groups is 9. The van der Waals surface area contributed by atoms with Crippen LogP contribution in [0.5, 0.6) is 0 Å². The number of rotatable bonds is 6. The molecule has 0 saturated carbocycles. The van der Waals surface area contributed by atoms with Gasteiger partial charge < -0.3 is 5.11 Å². The molecule has 0 spiro atoms. The van der Waals surface area contributed by atoms with E-state index in [4.69, 9.17) is 5.11 Å². The first-order valence-corrected chi connectivity index (χ1v) is 6.56. The Morgan fingerprint density at radius 2 is 1.04 bits per heavy atom. The third-order valence-electron chi connectivity index (χ3n) is 3.21. The van der Waals surface area contributed by atoms with Gasteiger partial charge in [-0.2, -0.15) is 0 Å². The fourth-order valence-electron chi connectivity index (χ4n) is 1.98. The minimum absolute atomic E-state index is 0.193. The first kappa shape index (κ1) is 18.2. The molecule has 3 amide bonds. The molecule has 0 unspecified atom stereocenters. The van der Waals surface area contributed by atoms with Crippen LogP contribution in [-0.2, 0) is 33.6 Å². The maximum Gasteiger partial charge on any atom is 0.380 e. The van der Waals surface area contributed by atoms with Gasteiger partial charge in [-0.1, -0.05) is 12.1 Å². The van der Waals surface area contributed by atoms with Crippen LogP contribution in [-0.4, -0.2) is 62.6 Å². The van der Waals surface area contributed by atoms with E-state index in [1.807, 2.05) is 0 Å². The average molecular weight is 359 g/mol. The summed E-state index contributed by atoms with van der Waals surface area (Å²) >= 11 is 0. The number of carboxylic acids is 1. The first-order valence-electron chi connectivity index (χ1n) is 6.56. The van der Waals surface area contributed by atoms with Gasteiger partial charge in [0, 0.05) is 0 Å². The number of Topliss-reactive ketones (excluding diaryl/α,β-unsaturated/α-hetero) is 5. The van der Waals surface area contributed by atoms with Gasteiger partial charge in [-0.05, 0) is 12.1 Å². The van der Waals surface area contributed by atoms with Crippen LogP contribution in [0.25, 0.3) is 0 Å². The van der Waals surface area contributed by atoms with Crippen molar-refractivity contribution in [1.29, 1.82) is 0 Å². The summed E-state index contributed by atoms with van der Waals surface area (Å²) in [5.74, 6) is -18.4. The maximum absolute atomic E-state index is 12.0. The van der Waals surface area contributed by atoms with E-state index < -0.39 is 52.6 Å². The van der Waals surface area contributed by atoms with Crippen LogP contribution < -0.4 is 0 Å². The zero-order valence-corrected chi connectivity index (χ0v) is 12.4. The Hall–Kier alpha value is -4.15. The van der Waals surface area contributed by atoms with Crippen molar-refractivity contribution in [2.75, 3.05) is 0 Å². The minimum Gasteiger partial charge on any atom is -0.475 e. The Kier molecular flexibility index (Phi) is 4.47. The zero-order valence-electron chi connectivity index (χ0n) is 12.4. The molecule has 0 atom stereocenters. The topological polar surface area (TPSA) is 177 Å². The number of hydrogen-bond acceptors (Lipinski definition) is 9. The molecule has 1 N–H and O–H groups in total. The Morgan fingerprint density at radius 3 is 1.46 bits per heavy atom. The number of nitrogens with zero attached hydrogens (tertiary/aromatic N) is 1. The number of aliphatic carboxylic acids is 1. The summed E-state index contributed by atoms with van der Waals surface area (Å²) in [6.07, 6.45) is 0. The van der Waals surface area contributed by atoms with Crippen LogP contribution in [0.2, 0.25) is 0 Å². The smallest absolute Gasteiger partial charge is 0.380 e. The molecule has 1 aliphatic rings. The van der Waals surface area contributed by atoms with Crippen LogP contribution >= 0.6 is 0 Å². The van der Waals surface area contributed by atoms with Crippen molar-refractivity contribution < 1.29 is 48.3 Å². The van der Waals surface area contributed by atoms with Gasteiger partial charge in [0.1, 0.15) is 0 Å².